The van der Waals surface area contributed by atoms with Crippen LogP contribution >= 0.6 is 0 Å². The zero-order valence-corrected chi connectivity index (χ0v) is 11.1. The second kappa shape index (κ2) is 5.27. The van der Waals surface area contributed by atoms with Crippen LogP contribution in [0.25, 0.3) is 10.9 Å². The van der Waals surface area contributed by atoms with E-state index in [0.717, 1.165) is 18.5 Å². The van der Waals surface area contributed by atoms with Gasteiger partial charge in [-0.3, -0.25) is 4.98 Å². The number of aromatic nitrogens is 2. The highest BCUT2D eigenvalue weighted by molar-refractivity contribution is 5.85. The maximum absolute atomic E-state index is 4.43. The van der Waals surface area contributed by atoms with Crippen LogP contribution in [-0.4, -0.2) is 9.97 Å². The van der Waals surface area contributed by atoms with Crippen LogP contribution in [0.5, 0.6) is 0 Å². The summed E-state index contributed by atoms with van der Waals surface area (Å²) >= 11 is 0. The topological polar surface area (TPSA) is 28.7 Å². The van der Waals surface area contributed by atoms with E-state index in [1.165, 1.54) is 22.4 Å². The molecule has 0 aliphatic carbocycles. The fourth-order valence-electron chi connectivity index (χ4n) is 2.50. The van der Waals surface area contributed by atoms with Gasteiger partial charge in [-0.25, -0.2) is 0 Å². The monoisotopic (exact) mass is 249 g/mol. The van der Waals surface area contributed by atoms with E-state index in [2.05, 4.69) is 53.4 Å². The Balaban J connectivity index is 1.94. The molecule has 19 heavy (non-hydrogen) atoms. The van der Waals surface area contributed by atoms with Gasteiger partial charge in [-0.1, -0.05) is 31.2 Å². The third kappa shape index (κ3) is 2.39. The SMILES string of the molecule is CC[C](Cc1ccccn1)c1c[nH]c2ccccc12. The number of hydrogen-bond donors (Lipinski definition) is 1. The van der Waals surface area contributed by atoms with Crippen molar-refractivity contribution in [2.24, 2.45) is 0 Å². The van der Waals surface area contributed by atoms with Crippen molar-refractivity contribution in [3.8, 4) is 0 Å². The highest BCUT2D eigenvalue weighted by Crippen LogP contribution is 2.29. The Labute approximate surface area is 113 Å². The molecule has 0 aliphatic rings. The highest BCUT2D eigenvalue weighted by Gasteiger charge is 2.15. The Morgan fingerprint density at radius 1 is 1.11 bits per heavy atom. The number of benzene rings is 1. The Bertz CT molecular complexity index is 655. The van der Waals surface area contributed by atoms with Crippen molar-refractivity contribution in [1.29, 1.82) is 0 Å². The van der Waals surface area contributed by atoms with E-state index in [9.17, 15) is 0 Å². The predicted molar refractivity (Wildman–Crippen MR) is 78.9 cm³/mol. The number of H-pyrrole nitrogens is 1. The lowest BCUT2D eigenvalue weighted by molar-refractivity contribution is 0.854. The van der Waals surface area contributed by atoms with Crippen LogP contribution in [0.4, 0.5) is 0 Å². The van der Waals surface area contributed by atoms with Gasteiger partial charge < -0.3 is 4.98 Å². The second-order valence-corrected chi connectivity index (χ2v) is 4.70. The number of pyridine rings is 1. The van der Waals surface area contributed by atoms with E-state index in [-0.39, 0.29) is 0 Å². The summed E-state index contributed by atoms with van der Waals surface area (Å²) in [7, 11) is 0. The van der Waals surface area contributed by atoms with Gasteiger partial charge in [0.25, 0.3) is 0 Å². The number of para-hydroxylation sites is 1. The molecule has 3 rings (SSSR count). The summed E-state index contributed by atoms with van der Waals surface area (Å²) in [6.45, 7) is 2.21. The van der Waals surface area contributed by atoms with Gasteiger partial charge in [0.05, 0.1) is 0 Å². The lowest BCUT2D eigenvalue weighted by Crippen LogP contribution is -2.03. The summed E-state index contributed by atoms with van der Waals surface area (Å²) in [5, 5.41) is 1.30. The second-order valence-electron chi connectivity index (χ2n) is 4.70. The Hall–Kier alpha value is -2.09. The molecule has 2 aromatic heterocycles. The number of fused-ring (bicyclic) bond motifs is 1. The van der Waals surface area contributed by atoms with E-state index in [0.29, 0.717) is 0 Å². The summed E-state index contributed by atoms with van der Waals surface area (Å²) in [5.41, 5.74) is 3.65. The molecule has 0 unspecified atom stereocenters. The van der Waals surface area contributed by atoms with Crippen LogP contribution in [-0.2, 0) is 6.42 Å². The van der Waals surface area contributed by atoms with Gasteiger partial charge in [0, 0.05) is 41.3 Å². The molecule has 3 aromatic rings. The summed E-state index contributed by atoms with van der Waals surface area (Å²) in [6, 6.07) is 14.5. The lowest BCUT2D eigenvalue weighted by atomic mass is 9.91. The fraction of sp³-hybridized carbons (Fsp3) is 0.176. The van der Waals surface area contributed by atoms with Gasteiger partial charge in [-0.15, -0.1) is 0 Å². The van der Waals surface area contributed by atoms with E-state index in [1.54, 1.807) is 0 Å². The maximum Gasteiger partial charge on any atom is 0.0457 e. The first kappa shape index (κ1) is 12.0. The summed E-state index contributed by atoms with van der Waals surface area (Å²) in [5.74, 6) is 1.43. The standard InChI is InChI=1S/C17H17N2/c1-2-13(11-14-7-5-6-10-18-14)16-12-19-17-9-4-3-8-15(16)17/h3-10,12,19H,2,11H2,1H3. The van der Waals surface area contributed by atoms with Crippen molar-refractivity contribution >= 4 is 10.9 Å². The van der Waals surface area contributed by atoms with Gasteiger partial charge in [-0.2, -0.15) is 0 Å². The molecule has 2 heteroatoms. The first-order valence-electron chi connectivity index (χ1n) is 6.69. The van der Waals surface area contributed by atoms with Gasteiger partial charge in [0.2, 0.25) is 0 Å². The minimum absolute atomic E-state index is 0.916. The van der Waals surface area contributed by atoms with Crippen molar-refractivity contribution in [2.45, 2.75) is 19.8 Å². The highest BCUT2D eigenvalue weighted by atomic mass is 14.7. The molecule has 0 fully saturated rings. The molecule has 0 saturated heterocycles. The number of aromatic amines is 1. The van der Waals surface area contributed by atoms with Gasteiger partial charge in [0.1, 0.15) is 0 Å². The van der Waals surface area contributed by atoms with Gasteiger partial charge in [-0.05, 0) is 30.2 Å². The third-order valence-electron chi connectivity index (χ3n) is 3.52. The molecular weight excluding hydrogens is 232 g/mol. The Kier molecular flexibility index (Phi) is 3.32. The number of hydrogen-bond acceptors (Lipinski definition) is 1. The van der Waals surface area contributed by atoms with Crippen molar-refractivity contribution in [3.63, 3.8) is 0 Å². The molecule has 2 heterocycles. The van der Waals surface area contributed by atoms with E-state index >= 15 is 0 Å². The van der Waals surface area contributed by atoms with Crippen molar-refractivity contribution in [2.75, 3.05) is 0 Å². The molecule has 0 amide bonds. The molecule has 2 nitrogen and oxygen atoms in total. The molecule has 0 saturated carbocycles. The zero-order valence-electron chi connectivity index (χ0n) is 11.1. The molecular formula is C17H17N2. The van der Waals surface area contributed by atoms with E-state index in [4.69, 9.17) is 0 Å². The van der Waals surface area contributed by atoms with Crippen molar-refractivity contribution in [3.05, 3.63) is 72.0 Å². The van der Waals surface area contributed by atoms with E-state index < -0.39 is 0 Å². The lowest BCUT2D eigenvalue weighted by Gasteiger charge is -2.13. The average Bonchev–Trinajstić information content (AvgIpc) is 2.90. The minimum Gasteiger partial charge on any atom is -0.361 e. The van der Waals surface area contributed by atoms with Gasteiger partial charge >= 0.3 is 0 Å². The largest absolute Gasteiger partial charge is 0.361 e. The van der Waals surface area contributed by atoms with Gasteiger partial charge in [0.15, 0.2) is 0 Å². The number of nitrogens with one attached hydrogen (secondary N) is 1. The summed E-state index contributed by atoms with van der Waals surface area (Å²) < 4.78 is 0. The van der Waals surface area contributed by atoms with E-state index in [1.807, 2.05) is 18.3 Å². The minimum atomic E-state index is 0.916. The molecule has 0 aliphatic heterocycles. The van der Waals surface area contributed by atoms with Crippen LogP contribution in [0, 0.1) is 5.92 Å². The Morgan fingerprint density at radius 2 is 1.95 bits per heavy atom. The molecule has 0 spiro atoms. The Morgan fingerprint density at radius 3 is 2.74 bits per heavy atom. The molecule has 1 N–H and O–H groups in total. The average molecular weight is 249 g/mol. The number of rotatable bonds is 4. The van der Waals surface area contributed by atoms with Crippen molar-refractivity contribution in [1.82, 2.24) is 9.97 Å². The van der Waals surface area contributed by atoms with Crippen LogP contribution in [0.15, 0.2) is 54.9 Å². The van der Waals surface area contributed by atoms with Crippen LogP contribution in [0.2, 0.25) is 0 Å². The maximum atomic E-state index is 4.43. The quantitative estimate of drug-likeness (QED) is 0.739. The molecule has 1 radical (unpaired) electrons. The summed E-state index contributed by atoms with van der Waals surface area (Å²) in [4.78, 5) is 7.77. The normalized spacial score (nSPS) is 11.3. The smallest absolute Gasteiger partial charge is 0.0457 e. The first-order valence-corrected chi connectivity index (χ1v) is 6.69. The molecule has 0 bridgehead atoms. The molecule has 95 valence electrons. The predicted octanol–water partition coefficient (Wildman–Crippen LogP) is 4.14. The first-order chi connectivity index (χ1) is 9.38. The van der Waals surface area contributed by atoms with Crippen LogP contribution < -0.4 is 0 Å². The number of nitrogens with zero attached hydrogens (tertiary/aromatic N) is 1. The molecule has 0 atom stereocenters. The fourth-order valence-corrected chi connectivity index (χ4v) is 2.50. The summed E-state index contributed by atoms with van der Waals surface area (Å²) in [6.07, 6.45) is 5.93. The van der Waals surface area contributed by atoms with Crippen LogP contribution in [0.3, 0.4) is 0 Å². The van der Waals surface area contributed by atoms with Crippen LogP contribution in [0.1, 0.15) is 24.6 Å². The zero-order chi connectivity index (χ0) is 13.1. The third-order valence-corrected chi connectivity index (χ3v) is 3.52. The molecule has 1 aromatic carbocycles. The van der Waals surface area contributed by atoms with Crippen molar-refractivity contribution < 1.29 is 0 Å².